The maximum atomic E-state index is 12.5. The molecule has 3 aromatic rings. The Kier molecular flexibility index (Phi) is 5.77. The molecule has 0 spiro atoms. The van der Waals surface area contributed by atoms with E-state index in [0.29, 0.717) is 30.0 Å². The second-order valence-electron chi connectivity index (χ2n) is 8.18. The van der Waals surface area contributed by atoms with Crippen LogP contribution in [0.4, 0.5) is 5.95 Å². The van der Waals surface area contributed by atoms with E-state index in [0.717, 1.165) is 42.5 Å². The van der Waals surface area contributed by atoms with Gasteiger partial charge < -0.3 is 20.1 Å². The number of piperidine rings is 1. The van der Waals surface area contributed by atoms with Gasteiger partial charge >= 0.3 is 0 Å². The number of nitrogens with one attached hydrogen (secondary N) is 1. The van der Waals surface area contributed by atoms with Crippen molar-refractivity contribution in [3.8, 4) is 11.5 Å². The largest absolute Gasteiger partial charge is 0.490 e. The summed E-state index contributed by atoms with van der Waals surface area (Å²) in [5, 5.41) is 3.05. The van der Waals surface area contributed by atoms with Crippen molar-refractivity contribution in [1.29, 1.82) is 0 Å². The number of carbonyl (C=O) groups is 1. The monoisotopic (exact) mass is 448 g/mol. The van der Waals surface area contributed by atoms with Gasteiger partial charge in [0.2, 0.25) is 5.95 Å². The summed E-state index contributed by atoms with van der Waals surface area (Å²) in [5.41, 5.74) is 8.75. The van der Waals surface area contributed by atoms with Crippen molar-refractivity contribution >= 4 is 28.8 Å². The number of anilines is 1. The number of nitrogens with zero attached hydrogens (tertiary/aromatic N) is 4. The number of fused-ring (bicyclic) bond motifs is 3. The van der Waals surface area contributed by atoms with Crippen molar-refractivity contribution in [3.63, 3.8) is 0 Å². The Morgan fingerprint density at radius 1 is 1.12 bits per heavy atom. The zero-order chi connectivity index (χ0) is 22.8. The highest BCUT2D eigenvalue weighted by molar-refractivity contribution is 5.94. The highest BCUT2D eigenvalue weighted by Crippen LogP contribution is 2.36. The number of para-hydroxylation sites is 2. The first-order valence-corrected chi connectivity index (χ1v) is 11.4. The SMILES string of the molecule is CCOc1cc([C@@H]2N=C(N)Nc3nc4ccccc4n32)ccc1OCC(=O)N1CCCCC1. The van der Waals surface area contributed by atoms with Crippen molar-refractivity contribution in [2.75, 3.05) is 31.6 Å². The van der Waals surface area contributed by atoms with Gasteiger partial charge in [-0.3, -0.25) is 14.7 Å². The standard InChI is InChI=1S/C24H28N6O3/c1-2-32-20-14-16(10-11-19(20)33-15-21(31)29-12-6-3-7-13-29)22-27-23(25)28-24-26-17-8-4-5-9-18(17)30(22)24/h4-5,8-11,14,22H,2-3,6-7,12-13,15H2,1H3,(H3,25,26,27,28)/t22-/m1/s1. The Labute approximate surface area is 192 Å². The lowest BCUT2D eigenvalue weighted by Crippen LogP contribution is -2.38. The zero-order valence-electron chi connectivity index (χ0n) is 18.7. The topological polar surface area (TPSA) is 107 Å². The van der Waals surface area contributed by atoms with Crippen LogP contribution in [0.15, 0.2) is 47.5 Å². The van der Waals surface area contributed by atoms with Crippen LogP contribution in [-0.4, -0.2) is 52.6 Å². The highest BCUT2D eigenvalue weighted by atomic mass is 16.5. The van der Waals surface area contributed by atoms with Gasteiger partial charge in [0.1, 0.15) is 0 Å². The van der Waals surface area contributed by atoms with Crippen LogP contribution in [0.3, 0.4) is 0 Å². The van der Waals surface area contributed by atoms with Crippen LogP contribution in [0.1, 0.15) is 37.9 Å². The summed E-state index contributed by atoms with van der Waals surface area (Å²) in [6.07, 6.45) is 2.88. The van der Waals surface area contributed by atoms with Crippen molar-refractivity contribution in [2.24, 2.45) is 10.7 Å². The number of imidazole rings is 1. The van der Waals surface area contributed by atoms with Gasteiger partial charge in [0, 0.05) is 18.7 Å². The summed E-state index contributed by atoms with van der Waals surface area (Å²) in [5.74, 6) is 2.05. The van der Waals surface area contributed by atoms with Gasteiger partial charge in [0.15, 0.2) is 30.2 Å². The van der Waals surface area contributed by atoms with Crippen molar-refractivity contribution < 1.29 is 14.3 Å². The lowest BCUT2D eigenvalue weighted by atomic mass is 10.1. The Morgan fingerprint density at radius 2 is 1.94 bits per heavy atom. The number of carbonyl (C=O) groups excluding carboxylic acids is 1. The first-order chi connectivity index (χ1) is 16.1. The summed E-state index contributed by atoms with van der Waals surface area (Å²) < 4.78 is 13.8. The summed E-state index contributed by atoms with van der Waals surface area (Å²) in [4.78, 5) is 23.7. The number of guanidine groups is 1. The third kappa shape index (κ3) is 4.18. The lowest BCUT2D eigenvalue weighted by Gasteiger charge is -2.27. The number of hydrogen-bond acceptors (Lipinski definition) is 7. The number of likely N-dealkylation sites (tertiary alicyclic amines) is 1. The van der Waals surface area contributed by atoms with E-state index in [1.165, 1.54) is 6.42 Å². The van der Waals surface area contributed by atoms with Crippen molar-refractivity contribution in [2.45, 2.75) is 32.4 Å². The minimum absolute atomic E-state index is 0.00578. The average molecular weight is 449 g/mol. The van der Waals surface area contributed by atoms with Gasteiger partial charge in [-0.2, -0.15) is 0 Å². The molecule has 1 fully saturated rings. The Balaban J connectivity index is 1.43. The molecule has 3 heterocycles. The molecule has 1 aromatic heterocycles. The Hall–Kier alpha value is -3.75. The molecule has 3 N–H and O–H groups in total. The van der Waals surface area contributed by atoms with E-state index in [1.54, 1.807) is 0 Å². The number of hydrogen-bond donors (Lipinski definition) is 2. The molecule has 2 aromatic carbocycles. The van der Waals surface area contributed by atoms with Gasteiger partial charge in [0.25, 0.3) is 5.91 Å². The van der Waals surface area contributed by atoms with Crippen LogP contribution in [0.5, 0.6) is 11.5 Å². The van der Waals surface area contributed by atoms with Gasteiger partial charge in [-0.15, -0.1) is 0 Å². The van der Waals surface area contributed by atoms with E-state index in [2.05, 4.69) is 15.3 Å². The maximum absolute atomic E-state index is 12.5. The number of nitrogens with two attached hydrogens (primary N) is 1. The van der Waals surface area contributed by atoms with Crippen molar-refractivity contribution in [1.82, 2.24) is 14.5 Å². The fourth-order valence-electron chi connectivity index (χ4n) is 4.39. The van der Waals surface area contributed by atoms with Gasteiger partial charge in [-0.05, 0) is 50.5 Å². The summed E-state index contributed by atoms with van der Waals surface area (Å²) in [7, 11) is 0. The first kappa shape index (κ1) is 21.1. The minimum atomic E-state index is -0.406. The number of rotatable bonds is 6. The molecule has 1 amide bonds. The van der Waals surface area contributed by atoms with Gasteiger partial charge in [0.05, 0.1) is 17.6 Å². The molecule has 2 aliphatic rings. The van der Waals surface area contributed by atoms with Crippen molar-refractivity contribution in [3.05, 3.63) is 48.0 Å². The molecule has 5 rings (SSSR count). The molecule has 0 aliphatic carbocycles. The van der Waals surface area contributed by atoms with Crippen LogP contribution in [0.2, 0.25) is 0 Å². The van der Waals surface area contributed by atoms with Gasteiger partial charge in [-0.1, -0.05) is 18.2 Å². The molecule has 2 aliphatic heterocycles. The lowest BCUT2D eigenvalue weighted by molar-refractivity contribution is -0.134. The maximum Gasteiger partial charge on any atom is 0.260 e. The zero-order valence-corrected chi connectivity index (χ0v) is 18.7. The third-order valence-corrected chi connectivity index (χ3v) is 5.97. The van der Waals surface area contributed by atoms with Crippen LogP contribution >= 0.6 is 0 Å². The first-order valence-electron chi connectivity index (χ1n) is 11.4. The van der Waals surface area contributed by atoms with Crippen LogP contribution in [-0.2, 0) is 4.79 Å². The molecule has 1 saturated heterocycles. The predicted octanol–water partition coefficient (Wildman–Crippen LogP) is 3.11. The molecular formula is C24H28N6O3. The van der Waals surface area contributed by atoms with E-state index in [9.17, 15) is 4.79 Å². The number of aromatic nitrogens is 2. The highest BCUT2D eigenvalue weighted by Gasteiger charge is 2.26. The Bertz CT molecular complexity index is 1200. The molecule has 1 atom stereocenters. The Morgan fingerprint density at radius 3 is 2.76 bits per heavy atom. The molecule has 33 heavy (non-hydrogen) atoms. The van der Waals surface area contributed by atoms with Crippen LogP contribution in [0.25, 0.3) is 11.0 Å². The van der Waals surface area contributed by atoms with E-state index in [4.69, 9.17) is 15.2 Å². The van der Waals surface area contributed by atoms with E-state index < -0.39 is 6.17 Å². The average Bonchev–Trinajstić information content (AvgIpc) is 3.21. The summed E-state index contributed by atoms with van der Waals surface area (Å²) >= 11 is 0. The molecule has 9 nitrogen and oxygen atoms in total. The second-order valence-corrected chi connectivity index (χ2v) is 8.18. The second kappa shape index (κ2) is 9.01. The van der Waals surface area contributed by atoms with E-state index in [-0.39, 0.29) is 12.5 Å². The number of ether oxygens (including phenoxy) is 2. The normalized spacial score (nSPS) is 17.8. The minimum Gasteiger partial charge on any atom is -0.490 e. The molecule has 172 valence electrons. The van der Waals surface area contributed by atoms with E-state index in [1.807, 2.05) is 58.9 Å². The van der Waals surface area contributed by atoms with Gasteiger partial charge in [-0.25, -0.2) is 9.98 Å². The van der Waals surface area contributed by atoms with Crippen LogP contribution in [0, 0.1) is 0 Å². The number of aliphatic imine (C=N–C) groups is 1. The molecule has 9 heteroatoms. The molecule has 0 unspecified atom stereocenters. The smallest absolute Gasteiger partial charge is 0.260 e. The number of benzene rings is 2. The summed E-state index contributed by atoms with van der Waals surface area (Å²) in [6.45, 7) is 3.98. The molecule has 0 radical (unpaired) electrons. The predicted molar refractivity (Wildman–Crippen MR) is 127 cm³/mol. The quantitative estimate of drug-likeness (QED) is 0.600. The molecule has 0 saturated carbocycles. The third-order valence-electron chi connectivity index (χ3n) is 5.97. The molecule has 0 bridgehead atoms. The summed E-state index contributed by atoms with van der Waals surface area (Å²) in [6, 6.07) is 13.5. The van der Waals surface area contributed by atoms with E-state index >= 15 is 0 Å². The number of amides is 1. The molecular weight excluding hydrogens is 420 g/mol. The fourth-order valence-corrected chi connectivity index (χ4v) is 4.39. The fraction of sp³-hybridized carbons (Fsp3) is 0.375. The van der Waals surface area contributed by atoms with Crippen LogP contribution < -0.4 is 20.5 Å².